The fraction of sp³-hybridized carbons (Fsp3) is 0.125. The molecule has 11 heavy (non-hydrogen) atoms. The van der Waals surface area contributed by atoms with Gasteiger partial charge < -0.3 is 5.32 Å². The van der Waals surface area contributed by atoms with Crippen LogP contribution in [0.15, 0.2) is 30.4 Å². The van der Waals surface area contributed by atoms with Crippen molar-refractivity contribution in [3.63, 3.8) is 0 Å². The molecule has 0 amide bonds. The molecule has 2 aromatic rings. The van der Waals surface area contributed by atoms with Crippen LogP contribution in [0.1, 0.15) is 1.37 Å². The fourth-order valence-corrected chi connectivity index (χ4v) is 0.987. The summed E-state index contributed by atoms with van der Waals surface area (Å²) in [6.07, 6.45) is 1.83. The first-order valence-electron chi connectivity index (χ1n) is 3.94. The van der Waals surface area contributed by atoms with Gasteiger partial charge in [0.1, 0.15) is 5.82 Å². The molecule has 0 atom stereocenters. The van der Waals surface area contributed by atoms with E-state index in [-0.39, 0.29) is 0 Å². The second kappa shape index (κ2) is 2.27. The maximum atomic E-state index is 7.67. The van der Waals surface area contributed by atoms with E-state index in [1.807, 2.05) is 24.4 Å². The van der Waals surface area contributed by atoms with Gasteiger partial charge in [-0.3, -0.25) is 0 Å². The van der Waals surface area contributed by atoms with Crippen LogP contribution >= 0.6 is 0 Å². The van der Waals surface area contributed by atoms with Crippen molar-refractivity contribution in [1.29, 1.82) is 0 Å². The molecule has 0 fully saturated rings. The number of fused-ring (bicyclic) bond motifs is 1. The molecule has 0 aliphatic rings. The maximum absolute atomic E-state index is 7.67. The summed E-state index contributed by atoms with van der Waals surface area (Å²) in [5, 5.41) is 7.01. The van der Waals surface area contributed by atoms with Crippen molar-refractivity contribution in [2.75, 3.05) is 12.4 Å². The minimum absolute atomic E-state index is 0.443. The summed E-state index contributed by atoms with van der Waals surface area (Å²) in [7, 11) is 1.76. The third-order valence-electron chi connectivity index (χ3n) is 1.53. The van der Waals surface area contributed by atoms with E-state index in [1.54, 1.807) is 11.6 Å². The Labute approximate surface area is 66.1 Å². The van der Waals surface area contributed by atoms with Crippen LogP contribution in [0, 0.1) is 0 Å². The van der Waals surface area contributed by atoms with E-state index in [9.17, 15) is 0 Å². The molecule has 0 aliphatic carbocycles. The molecular weight excluding hydrogens is 138 g/mol. The van der Waals surface area contributed by atoms with Gasteiger partial charge in [0.2, 0.25) is 0 Å². The number of nitrogens with one attached hydrogen (secondary N) is 1. The molecule has 0 aromatic carbocycles. The summed E-state index contributed by atoms with van der Waals surface area (Å²) >= 11 is 0. The van der Waals surface area contributed by atoms with Crippen LogP contribution < -0.4 is 5.32 Å². The highest BCUT2D eigenvalue weighted by Crippen LogP contribution is 2.08. The third kappa shape index (κ3) is 0.941. The van der Waals surface area contributed by atoms with Gasteiger partial charge in [-0.15, -0.1) is 0 Å². The van der Waals surface area contributed by atoms with Crippen LogP contribution in [0.2, 0.25) is 0 Å². The predicted molar refractivity (Wildman–Crippen MR) is 44.7 cm³/mol. The maximum Gasteiger partial charge on any atom is 0.148 e. The van der Waals surface area contributed by atoms with Crippen molar-refractivity contribution in [2.45, 2.75) is 0 Å². The second-order valence-electron chi connectivity index (χ2n) is 2.25. The molecule has 2 heterocycles. The molecule has 56 valence electrons. The standard InChI is InChI=1S/C8H9N3/c1-9-8-6-7-4-2-3-5-11(7)10-8/h2-6H,1H3,(H,9,10)/i6D. The van der Waals surface area contributed by atoms with Crippen molar-refractivity contribution in [2.24, 2.45) is 0 Å². The van der Waals surface area contributed by atoms with Crippen molar-refractivity contribution in [3.05, 3.63) is 30.4 Å². The summed E-state index contributed by atoms with van der Waals surface area (Å²) in [6, 6.07) is 6.10. The lowest BCUT2D eigenvalue weighted by Crippen LogP contribution is -1.89. The molecule has 1 N–H and O–H groups in total. The van der Waals surface area contributed by atoms with Crippen LogP contribution in [0.4, 0.5) is 5.82 Å². The molecule has 0 aliphatic heterocycles. The minimum atomic E-state index is 0.443. The molecular formula is C8H9N3. The number of hydrogen-bond donors (Lipinski definition) is 1. The van der Waals surface area contributed by atoms with E-state index >= 15 is 0 Å². The van der Waals surface area contributed by atoms with E-state index in [1.165, 1.54) is 0 Å². The molecule has 3 heteroatoms. The quantitative estimate of drug-likeness (QED) is 0.662. The third-order valence-corrected chi connectivity index (χ3v) is 1.53. The first kappa shape index (κ1) is 5.18. The highest BCUT2D eigenvalue weighted by Gasteiger charge is 1.95. The Morgan fingerprint density at radius 1 is 1.64 bits per heavy atom. The summed E-state index contributed by atoms with van der Waals surface area (Å²) in [4.78, 5) is 0. The molecule has 0 spiro atoms. The van der Waals surface area contributed by atoms with Crippen LogP contribution in [0.5, 0.6) is 0 Å². The average Bonchev–Trinajstić information content (AvgIpc) is 2.44. The zero-order valence-electron chi connectivity index (χ0n) is 7.20. The number of anilines is 1. The van der Waals surface area contributed by atoms with Gasteiger partial charge in [0.15, 0.2) is 0 Å². The molecule has 0 saturated heterocycles. The van der Waals surface area contributed by atoms with Crippen molar-refractivity contribution in [3.8, 4) is 0 Å². The lowest BCUT2D eigenvalue weighted by Gasteiger charge is -1.88. The molecule has 2 aromatic heterocycles. The van der Waals surface area contributed by atoms with E-state index in [0.29, 0.717) is 11.9 Å². The van der Waals surface area contributed by atoms with Crippen molar-refractivity contribution in [1.82, 2.24) is 9.61 Å². The summed E-state index contributed by atoms with van der Waals surface area (Å²) < 4.78 is 9.36. The van der Waals surface area contributed by atoms with Crippen LogP contribution in [0.3, 0.4) is 0 Å². The van der Waals surface area contributed by atoms with E-state index in [4.69, 9.17) is 1.37 Å². The monoisotopic (exact) mass is 148 g/mol. The number of aromatic nitrogens is 2. The Morgan fingerprint density at radius 3 is 3.27 bits per heavy atom. The van der Waals surface area contributed by atoms with Gasteiger partial charge in [-0.05, 0) is 12.1 Å². The van der Waals surface area contributed by atoms with E-state index < -0.39 is 0 Å². The van der Waals surface area contributed by atoms with Crippen LogP contribution in [0.25, 0.3) is 5.52 Å². The van der Waals surface area contributed by atoms with Crippen molar-refractivity contribution < 1.29 is 1.37 Å². The Hall–Kier alpha value is -1.51. The molecule has 0 saturated carbocycles. The molecule has 0 radical (unpaired) electrons. The van der Waals surface area contributed by atoms with Gasteiger partial charge in [-0.25, -0.2) is 4.52 Å². The SMILES string of the molecule is [2H]c1c(NC)nn2ccccc12. The number of pyridine rings is 1. The highest BCUT2D eigenvalue weighted by molar-refractivity contribution is 5.54. The Morgan fingerprint density at radius 2 is 2.55 bits per heavy atom. The van der Waals surface area contributed by atoms with E-state index in [0.717, 1.165) is 5.52 Å². The van der Waals surface area contributed by atoms with Gasteiger partial charge in [0.05, 0.1) is 6.89 Å². The molecule has 0 bridgehead atoms. The van der Waals surface area contributed by atoms with Crippen molar-refractivity contribution >= 4 is 11.3 Å². The predicted octanol–water partition coefficient (Wildman–Crippen LogP) is 1.38. The highest BCUT2D eigenvalue weighted by atomic mass is 15.3. The van der Waals surface area contributed by atoms with Gasteiger partial charge in [0, 0.05) is 19.3 Å². The Balaban J connectivity index is 2.78. The smallest absolute Gasteiger partial charge is 0.148 e. The molecule has 3 nitrogen and oxygen atoms in total. The Kier molecular flexibility index (Phi) is 1.07. The second-order valence-corrected chi connectivity index (χ2v) is 2.25. The van der Waals surface area contributed by atoms with Gasteiger partial charge in [0.25, 0.3) is 0 Å². The zero-order valence-corrected chi connectivity index (χ0v) is 6.20. The lowest BCUT2D eigenvalue weighted by molar-refractivity contribution is 0.963. The van der Waals surface area contributed by atoms with Gasteiger partial charge in [-0.2, -0.15) is 5.10 Å². The van der Waals surface area contributed by atoms with E-state index in [2.05, 4.69) is 10.4 Å². The van der Waals surface area contributed by atoms with Crippen LogP contribution in [-0.4, -0.2) is 16.7 Å². The largest absolute Gasteiger partial charge is 0.372 e. The topological polar surface area (TPSA) is 29.3 Å². The van der Waals surface area contributed by atoms with Gasteiger partial charge >= 0.3 is 0 Å². The lowest BCUT2D eigenvalue weighted by atomic mass is 10.4. The van der Waals surface area contributed by atoms with Crippen LogP contribution in [-0.2, 0) is 0 Å². The molecule has 2 rings (SSSR count). The van der Waals surface area contributed by atoms with Gasteiger partial charge in [-0.1, -0.05) is 6.07 Å². The Bertz CT molecular complexity index is 408. The minimum Gasteiger partial charge on any atom is -0.372 e. The summed E-state index contributed by atoms with van der Waals surface area (Å²) in [5.74, 6) is 0.612. The first-order chi connectivity index (χ1) is 5.83. The average molecular weight is 148 g/mol. The number of hydrogen-bond acceptors (Lipinski definition) is 2. The summed E-state index contributed by atoms with van der Waals surface area (Å²) in [6.45, 7) is 0. The molecule has 0 unspecified atom stereocenters. The number of rotatable bonds is 1. The zero-order chi connectivity index (χ0) is 8.55. The normalized spacial score (nSPS) is 11.5. The fourth-order valence-electron chi connectivity index (χ4n) is 0.987. The number of nitrogens with zero attached hydrogens (tertiary/aromatic N) is 2. The summed E-state index contributed by atoms with van der Waals surface area (Å²) in [5.41, 5.74) is 0.821. The first-order valence-corrected chi connectivity index (χ1v) is 3.44.